The van der Waals surface area contributed by atoms with Crippen molar-refractivity contribution in [3.05, 3.63) is 36.0 Å². The molecule has 1 aromatic carbocycles. The van der Waals surface area contributed by atoms with Gasteiger partial charge in [-0.05, 0) is 62.2 Å². The fraction of sp³-hybridized carbons (Fsp3) is 0.471. The normalized spacial score (nSPS) is 18.7. The number of morpholine rings is 1. The number of ether oxygens (including phenoxy) is 1. The number of rotatable bonds is 5. The fourth-order valence-corrected chi connectivity index (χ4v) is 4.47. The van der Waals surface area contributed by atoms with Crippen LogP contribution >= 0.6 is 12.2 Å². The van der Waals surface area contributed by atoms with Gasteiger partial charge in [-0.2, -0.15) is 4.31 Å². The predicted octanol–water partition coefficient (Wildman–Crippen LogP) is 1.96. The second-order valence-electron chi connectivity index (χ2n) is 6.22. The van der Waals surface area contributed by atoms with E-state index in [0.29, 0.717) is 31.4 Å². The van der Waals surface area contributed by atoms with Crippen molar-refractivity contribution in [2.45, 2.75) is 30.6 Å². The minimum absolute atomic E-state index is 0.273. The van der Waals surface area contributed by atoms with Crippen LogP contribution < -0.4 is 16.2 Å². The van der Waals surface area contributed by atoms with Gasteiger partial charge >= 0.3 is 0 Å². The van der Waals surface area contributed by atoms with Crippen LogP contribution in [-0.4, -0.2) is 44.1 Å². The third-order valence-electron chi connectivity index (χ3n) is 4.35. The molecule has 0 atom stereocenters. The smallest absolute Gasteiger partial charge is 0.243 e. The molecule has 0 spiro atoms. The Morgan fingerprint density at radius 1 is 1.12 bits per heavy atom. The van der Waals surface area contributed by atoms with E-state index >= 15 is 0 Å². The fourth-order valence-electron chi connectivity index (χ4n) is 2.90. The van der Waals surface area contributed by atoms with Gasteiger partial charge in [0.2, 0.25) is 10.0 Å². The van der Waals surface area contributed by atoms with Crippen molar-refractivity contribution in [2.75, 3.05) is 31.6 Å². The zero-order chi connectivity index (χ0) is 18.4. The number of anilines is 1. The zero-order valence-corrected chi connectivity index (χ0v) is 16.2. The molecule has 1 fully saturated rings. The number of hydrogen-bond donors (Lipinski definition) is 3. The van der Waals surface area contributed by atoms with Gasteiger partial charge in [-0.25, -0.2) is 8.42 Å². The van der Waals surface area contributed by atoms with Crippen LogP contribution in [0.1, 0.15) is 25.7 Å². The molecule has 0 saturated carbocycles. The maximum Gasteiger partial charge on any atom is 0.243 e. The summed E-state index contributed by atoms with van der Waals surface area (Å²) in [6, 6.07) is 6.60. The van der Waals surface area contributed by atoms with Crippen LogP contribution in [-0.2, 0) is 14.8 Å². The molecule has 0 amide bonds. The molecule has 1 saturated heterocycles. The standard InChI is InChI=1S/C17H24N4O3S2/c22-26(23,21-10-12-24-13-11-21)16-8-6-14(7-9-16)18-17(25)20-19-15-4-2-1-3-5-15/h4,6-9,19H,1-3,5,10-13H2,(H2,18,20,25). The van der Waals surface area contributed by atoms with E-state index in [4.69, 9.17) is 17.0 Å². The van der Waals surface area contributed by atoms with E-state index in [-0.39, 0.29) is 4.90 Å². The first-order valence-corrected chi connectivity index (χ1v) is 10.6. The molecule has 1 aliphatic carbocycles. The minimum atomic E-state index is -3.47. The average Bonchev–Trinajstić information content (AvgIpc) is 2.68. The average molecular weight is 397 g/mol. The molecule has 2 aliphatic rings. The molecular formula is C17H24N4O3S2. The Morgan fingerprint density at radius 3 is 2.50 bits per heavy atom. The van der Waals surface area contributed by atoms with E-state index in [1.165, 1.54) is 17.1 Å². The summed E-state index contributed by atoms with van der Waals surface area (Å²) in [5, 5.41) is 3.47. The molecule has 3 N–H and O–H groups in total. The van der Waals surface area contributed by atoms with Crippen molar-refractivity contribution in [3.63, 3.8) is 0 Å². The summed E-state index contributed by atoms with van der Waals surface area (Å²) in [5.41, 5.74) is 7.94. The number of sulfonamides is 1. The summed E-state index contributed by atoms with van der Waals surface area (Å²) in [4.78, 5) is 0.273. The monoisotopic (exact) mass is 396 g/mol. The van der Waals surface area contributed by atoms with Crippen LogP contribution in [0.2, 0.25) is 0 Å². The summed E-state index contributed by atoms with van der Waals surface area (Å²) >= 11 is 5.26. The predicted molar refractivity (Wildman–Crippen MR) is 105 cm³/mol. The van der Waals surface area contributed by atoms with E-state index < -0.39 is 10.0 Å². The summed E-state index contributed by atoms with van der Waals surface area (Å²) in [6.07, 6.45) is 6.69. The van der Waals surface area contributed by atoms with Gasteiger partial charge in [0.15, 0.2) is 5.11 Å². The SMILES string of the molecule is O=S(=O)(c1ccc(NC(=S)NNC2=CCCCC2)cc1)N1CCOCC1. The Bertz CT molecular complexity index is 757. The largest absolute Gasteiger partial charge is 0.379 e. The number of allylic oxidation sites excluding steroid dienone is 2. The van der Waals surface area contributed by atoms with E-state index in [0.717, 1.165) is 24.2 Å². The van der Waals surface area contributed by atoms with E-state index in [9.17, 15) is 8.42 Å². The van der Waals surface area contributed by atoms with Crippen LogP contribution in [0.3, 0.4) is 0 Å². The first kappa shape index (κ1) is 19.1. The molecule has 0 radical (unpaired) electrons. The topological polar surface area (TPSA) is 82.7 Å². The van der Waals surface area contributed by atoms with Crippen LogP contribution in [0, 0.1) is 0 Å². The molecule has 0 unspecified atom stereocenters. The van der Waals surface area contributed by atoms with Crippen LogP contribution in [0.5, 0.6) is 0 Å². The number of hydrogen-bond acceptors (Lipinski definition) is 5. The third kappa shape index (κ3) is 4.94. The maximum atomic E-state index is 12.6. The van der Waals surface area contributed by atoms with Gasteiger partial charge in [-0.15, -0.1) is 0 Å². The molecule has 7 nitrogen and oxygen atoms in total. The maximum absolute atomic E-state index is 12.6. The van der Waals surface area contributed by atoms with Gasteiger partial charge in [0.1, 0.15) is 0 Å². The quantitative estimate of drug-likeness (QED) is 0.518. The lowest BCUT2D eigenvalue weighted by Gasteiger charge is -2.26. The Balaban J connectivity index is 1.55. The Kier molecular flexibility index (Phi) is 6.47. The number of hydrazine groups is 1. The molecule has 1 aliphatic heterocycles. The first-order chi connectivity index (χ1) is 12.6. The lowest BCUT2D eigenvalue weighted by Crippen LogP contribution is -2.40. The number of nitrogens with zero attached hydrogens (tertiary/aromatic N) is 1. The van der Waals surface area contributed by atoms with Crippen LogP contribution in [0.15, 0.2) is 40.9 Å². The number of thiocarbonyl (C=S) groups is 1. The van der Waals surface area contributed by atoms with E-state index in [1.54, 1.807) is 24.3 Å². The van der Waals surface area contributed by atoms with Gasteiger partial charge in [0.25, 0.3) is 0 Å². The molecular weight excluding hydrogens is 372 g/mol. The van der Waals surface area contributed by atoms with Crippen LogP contribution in [0.4, 0.5) is 5.69 Å². The summed E-state index contributed by atoms with van der Waals surface area (Å²) in [7, 11) is -3.47. The lowest BCUT2D eigenvalue weighted by atomic mass is 10.1. The highest BCUT2D eigenvalue weighted by Gasteiger charge is 2.26. The molecule has 9 heteroatoms. The van der Waals surface area contributed by atoms with Crippen molar-refractivity contribution in [1.29, 1.82) is 0 Å². The second-order valence-corrected chi connectivity index (χ2v) is 8.57. The van der Waals surface area contributed by atoms with Crippen molar-refractivity contribution in [1.82, 2.24) is 15.2 Å². The summed E-state index contributed by atoms with van der Waals surface area (Å²) < 4.78 is 31.9. The minimum Gasteiger partial charge on any atom is -0.379 e. The molecule has 26 heavy (non-hydrogen) atoms. The van der Waals surface area contributed by atoms with Crippen molar-refractivity contribution >= 4 is 33.0 Å². The third-order valence-corrected chi connectivity index (χ3v) is 6.46. The Hall–Kier alpha value is -1.68. The molecule has 3 rings (SSSR count). The van der Waals surface area contributed by atoms with Crippen molar-refractivity contribution < 1.29 is 13.2 Å². The van der Waals surface area contributed by atoms with Crippen LogP contribution in [0.25, 0.3) is 0 Å². The highest BCUT2D eigenvalue weighted by atomic mass is 32.2. The lowest BCUT2D eigenvalue weighted by molar-refractivity contribution is 0.0730. The van der Waals surface area contributed by atoms with E-state index in [2.05, 4.69) is 22.2 Å². The Labute approximate surface area is 159 Å². The summed E-state index contributed by atoms with van der Waals surface area (Å²) in [6.45, 7) is 1.64. The van der Waals surface area contributed by atoms with Crippen molar-refractivity contribution in [3.8, 4) is 0 Å². The zero-order valence-electron chi connectivity index (χ0n) is 14.5. The van der Waals surface area contributed by atoms with Gasteiger partial charge in [-0.1, -0.05) is 6.08 Å². The van der Waals surface area contributed by atoms with Gasteiger partial charge in [0.05, 0.1) is 18.1 Å². The number of nitrogens with one attached hydrogen (secondary N) is 3. The second kappa shape index (κ2) is 8.81. The molecule has 0 bridgehead atoms. The molecule has 1 heterocycles. The van der Waals surface area contributed by atoms with Gasteiger partial charge < -0.3 is 15.5 Å². The highest BCUT2D eigenvalue weighted by Crippen LogP contribution is 2.19. The summed E-state index contributed by atoms with van der Waals surface area (Å²) in [5.74, 6) is 0. The highest BCUT2D eigenvalue weighted by molar-refractivity contribution is 7.89. The molecule has 0 aromatic heterocycles. The van der Waals surface area contributed by atoms with Crippen molar-refractivity contribution in [2.24, 2.45) is 0 Å². The van der Waals surface area contributed by atoms with E-state index in [1.807, 2.05) is 0 Å². The molecule has 142 valence electrons. The van der Waals surface area contributed by atoms with Gasteiger partial charge in [-0.3, -0.25) is 5.43 Å². The number of benzene rings is 1. The van der Waals surface area contributed by atoms with Gasteiger partial charge in [0, 0.05) is 24.5 Å². The Morgan fingerprint density at radius 2 is 1.85 bits per heavy atom. The molecule has 1 aromatic rings. The first-order valence-electron chi connectivity index (χ1n) is 8.76.